The van der Waals surface area contributed by atoms with E-state index in [-0.39, 0.29) is 22.4 Å². The minimum Gasteiger partial charge on any atom is -0.494 e. The Morgan fingerprint density at radius 3 is 2.61 bits per heavy atom. The van der Waals surface area contributed by atoms with Crippen molar-refractivity contribution >= 4 is 34.8 Å². The van der Waals surface area contributed by atoms with E-state index in [0.717, 1.165) is 6.42 Å². The van der Waals surface area contributed by atoms with Crippen molar-refractivity contribution in [2.75, 3.05) is 23.9 Å². The van der Waals surface area contributed by atoms with E-state index < -0.39 is 5.91 Å². The van der Waals surface area contributed by atoms with E-state index in [0.29, 0.717) is 41.5 Å². The lowest BCUT2D eigenvalue weighted by molar-refractivity contribution is -0.117. The van der Waals surface area contributed by atoms with Crippen LogP contribution in [0.25, 0.3) is 5.69 Å². The minimum atomic E-state index is -0.442. The molecule has 160 valence electrons. The van der Waals surface area contributed by atoms with E-state index in [1.54, 1.807) is 30.0 Å². The number of halogens is 2. The number of aryl methyl sites for hydroxylation is 1. The van der Waals surface area contributed by atoms with Gasteiger partial charge in [0.05, 0.1) is 24.2 Å². The predicted molar refractivity (Wildman–Crippen MR) is 116 cm³/mol. The average Bonchev–Trinajstić information content (AvgIpc) is 3.30. The molecule has 1 N–H and O–H groups in total. The molecular formula is C22H20ClFN4O3. The Kier molecular flexibility index (Phi) is 5.65. The lowest BCUT2D eigenvalue weighted by Gasteiger charge is -2.19. The number of nitrogens with one attached hydrogen (secondary N) is 1. The number of hydrogen-bond donors (Lipinski definition) is 1. The molecule has 4 rings (SSSR count). The van der Waals surface area contributed by atoms with Gasteiger partial charge in [0.25, 0.3) is 5.91 Å². The fourth-order valence-corrected chi connectivity index (χ4v) is 3.94. The maximum absolute atomic E-state index is 13.2. The highest BCUT2D eigenvalue weighted by Crippen LogP contribution is 2.34. The number of carbonyl (C=O) groups is 2. The maximum atomic E-state index is 13.2. The van der Waals surface area contributed by atoms with Crippen LogP contribution in [0.4, 0.5) is 15.8 Å². The van der Waals surface area contributed by atoms with Crippen molar-refractivity contribution in [3.05, 3.63) is 64.7 Å². The van der Waals surface area contributed by atoms with Gasteiger partial charge in [0, 0.05) is 24.7 Å². The number of nitrogens with zero attached hydrogens (tertiary/aromatic N) is 3. The van der Waals surface area contributed by atoms with Crippen LogP contribution in [0.5, 0.6) is 5.75 Å². The molecule has 2 aromatic carbocycles. The van der Waals surface area contributed by atoms with Gasteiger partial charge in [-0.25, -0.2) is 9.07 Å². The summed E-state index contributed by atoms with van der Waals surface area (Å²) in [6.07, 6.45) is 1.31. The van der Waals surface area contributed by atoms with Gasteiger partial charge in [-0.15, -0.1) is 0 Å². The van der Waals surface area contributed by atoms with E-state index in [1.165, 1.54) is 36.1 Å². The summed E-state index contributed by atoms with van der Waals surface area (Å²) in [6.45, 7) is 2.31. The SMILES string of the molecule is COc1cc(NC(=O)c2c(C)nn(-c3ccc(F)cc3)c2Cl)ccc1N1CCCC1=O. The number of rotatable bonds is 5. The van der Waals surface area contributed by atoms with Gasteiger partial charge in [-0.2, -0.15) is 5.10 Å². The summed E-state index contributed by atoms with van der Waals surface area (Å²) in [4.78, 5) is 26.7. The zero-order valence-electron chi connectivity index (χ0n) is 17.0. The van der Waals surface area contributed by atoms with Crippen LogP contribution in [0.15, 0.2) is 42.5 Å². The number of amides is 2. The first kappa shape index (κ1) is 20.9. The average molecular weight is 443 g/mol. The summed E-state index contributed by atoms with van der Waals surface area (Å²) < 4.78 is 20.0. The second-order valence-corrected chi connectivity index (χ2v) is 7.49. The Hall–Kier alpha value is -3.39. The molecule has 1 fully saturated rings. The molecule has 0 bridgehead atoms. The van der Waals surface area contributed by atoms with Crippen LogP contribution in [0, 0.1) is 12.7 Å². The van der Waals surface area contributed by atoms with Crippen LogP contribution in [0.3, 0.4) is 0 Å². The number of ether oxygens (including phenoxy) is 1. The van der Waals surface area contributed by atoms with Crippen LogP contribution in [0.2, 0.25) is 5.15 Å². The standard InChI is InChI=1S/C22H20ClFN4O3/c1-13-20(21(23)28(26-13)16-8-5-14(24)6-9-16)22(30)25-15-7-10-17(18(12-15)31-2)27-11-3-4-19(27)29/h5-10,12H,3-4,11H2,1-2H3,(H,25,30). The maximum Gasteiger partial charge on any atom is 0.260 e. The number of aromatic nitrogens is 2. The fourth-order valence-electron chi connectivity index (χ4n) is 3.59. The molecule has 0 radical (unpaired) electrons. The smallest absolute Gasteiger partial charge is 0.260 e. The van der Waals surface area contributed by atoms with E-state index in [4.69, 9.17) is 16.3 Å². The molecule has 0 saturated carbocycles. The molecule has 7 nitrogen and oxygen atoms in total. The Morgan fingerprint density at radius 1 is 1.23 bits per heavy atom. The zero-order chi connectivity index (χ0) is 22.1. The second-order valence-electron chi connectivity index (χ2n) is 7.13. The predicted octanol–water partition coefficient (Wildman–Crippen LogP) is 4.36. The number of carbonyl (C=O) groups excluding carboxylic acids is 2. The number of anilines is 2. The molecule has 1 aliphatic rings. The molecule has 0 aliphatic carbocycles. The Balaban J connectivity index is 1.60. The quantitative estimate of drug-likeness (QED) is 0.637. The summed E-state index contributed by atoms with van der Waals surface area (Å²) in [5.41, 5.74) is 2.33. The van der Waals surface area contributed by atoms with Crippen LogP contribution < -0.4 is 15.0 Å². The van der Waals surface area contributed by atoms with Crippen LogP contribution >= 0.6 is 11.6 Å². The highest BCUT2D eigenvalue weighted by atomic mass is 35.5. The van der Waals surface area contributed by atoms with Gasteiger partial charge in [0.15, 0.2) is 0 Å². The van der Waals surface area contributed by atoms with E-state index in [1.807, 2.05) is 0 Å². The van der Waals surface area contributed by atoms with E-state index in [9.17, 15) is 14.0 Å². The summed E-state index contributed by atoms with van der Waals surface area (Å²) in [5, 5.41) is 7.23. The van der Waals surface area contributed by atoms with Crippen molar-refractivity contribution in [3.63, 3.8) is 0 Å². The van der Waals surface area contributed by atoms with Crippen molar-refractivity contribution in [3.8, 4) is 11.4 Å². The summed E-state index contributed by atoms with van der Waals surface area (Å²) in [6, 6.07) is 10.7. The molecule has 3 aromatic rings. The molecule has 1 aromatic heterocycles. The third-order valence-corrected chi connectivity index (χ3v) is 5.45. The van der Waals surface area contributed by atoms with Crippen molar-refractivity contribution in [2.45, 2.75) is 19.8 Å². The van der Waals surface area contributed by atoms with Gasteiger partial charge in [0.2, 0.25) is 5.91 Å². The van der Waals surface area contributed by atoms with E-state index >= 15 is 0 Å². The normalized spacial score (nSPS) is 13.5. The van der Waals surface area contributed by atoms with Gasteiger partial charge in [0.1, 0.15) is 22.3 Å². The van der Waals surface area contributed by atoms with Crippen molar-refractivity contribution in [1.82, 2.24) is 9.78 Å². The Bertz CT molecular complexity index is 1160. The van der Waals surface area contributed by atoms with Crippen LogP contribution in [0.1, 0.15) is 28.9 Å². The summed E-state index contributed by atoms with van der Waals surface area (Å²) >= 11 is 6.43. The Morgan fingerprint density at radius 2 is 1.97 bits per heavy atom. The van der Waals surface area contributed by atoms with Gasteiger partial charge >= 0.3 is 0 Å². The van der Waals surface area contributed by atoms with Gasteiger partial charge in [-0.3, -0.25) is 9.59 Å². The molecule has 31 heavy (non-hydrogen) atoms. The molecule has 0 spiro atoms. The third-order valence-electron chi connectivity index (χ3n) is 5.10. The van der Waals surface area contributed by atoms with E-state index in [2.05, 4.69) is 10.4 Å². The molecule has 1 aliphatic heterocycles. The first-order valence-corrected chi connectivity index (χ1v) is 10.1. The van der Waals surface area contributed by atoms with Gasteiger partial charge in [-0.05, 0) is 49.7 Å². The largest absolute Gasteiger partial charge is 0.494 e. The summed E-state index contributed by atoms with van der Waals surface area (Å²) in [5.74, 6) is -0.291. The highest BCUT2D eigenvalue weighted by molar-refractivity contribution is 6.34. The number of benzene rings is 2. The third kappa shape index (κ3) is 3.98. The number of methoxy groups -OCH3 is 1. The van der Waals surface area contributed by atoms with Gasteiger partial charge in [-0.1, -0.05) is 11.6 Å². The Labute approximate surface area is 183 Å². The second kappa shape index (κ2) is 8.39. The van der Waals surface area contributed by atoms with Gasteiger partial charge < -0.3 is 15.0 Å². The molecule has 2 amide bonds. The van der Waals surface area contributed by atoms with Crippen LogP contribution in [-0.2, 0) is 4.79 Å². The van der Waals surface area contributed by atoms with Crippen molar-refractivity contribution in [1.29, 1.82) is 0 Å². The first-order valence-electron chi connectivity index (χ1n) is 9.70. The molecule has 0 unspecified atom stereocenters. The molecular weight excluding hydrogens is 423 g/mol. The zero-order valence-corrected chi connectivity index (χ0v) is 17.7. The number of hydrogen-bond acceptors (Lipinski definition) is 4. The van der Waals surface area contributed by atoms with Crippen molar-refractivity contribution in [2.24, 2.45) is 0 Å². The fraction of sp³-hybridized carbons (Fsp3) is 0.227. The topological polar surface area (TPSA) is 76.5 Å². The van der Waals surface area contributed by atoms with Crippen molar-refractivity contribution < 1.29 is 18.7 Å². The highest BCUT2D eigenvalue weighted by Gasteiger charge is 2.25. The minimum absolute atomic E-state index is 0.0469. The lowest BCUT2D eigenvalue weighted by Crippen LogP contribution is -2.24. The summed E-state index contributed by atoms with van der Waals surface area (Å²) in [7, 11) is 1.51. The first-order chi connectivity index (χ1) is 14.9. The monoisotopic (exact) mass is 442 g/mol. The van der Waals surface area contributed by atoms with Crippen LogP contribution in [-0.4, -0.2) is 35.2 Å². The molecule has 0 atom stereocenters. The molecule has 1 saturated heterocycles. The molecule has 2 heterocycles. The lowest BCUT2D eigenvalue weighted by atomic mass is 10.2. The molecule has 9 heteroatoms.